The maximum atomic E-state index is 5.57. The highest BCUT2D eigenvalue weighted by molar-refractivity contribution is 4.74. The number of piperidine rings is 1. The van der Waals surface area contributed by atoms with Crippen LogP contribution in [0.4, 0.5) is 0 Å². The van der Waals surface area contributed by atoms with Gasteiger partial charge in [-0.05, 0) is 45.4 Å². The van der Waals surface area contributed by atoms with E-state index in [9.17, 15) is 0 Å². The molecule has 1 saturated heterocycles. The molecule has 0 bridgehead atoms. The topological polar surface area (TPSA) is 36.5 Å². The second kappa shape index (κ2) is 9.83. The van der Waals surface area contributed by atoms with Crippen LogP contribution >= 0.6 is 0 Å². The van der Waals surface area contributed by atoms with Crippen LogP contribution in [0.2, 0.25) is 0 Å². The van der Waals surface area contributed by atoms with E-state index < -0.39 is 0 Å². The number of likely N-dealkylation sites (N-methyl/N-ethyl adjacent to an activating group) is 1. The van der Waals surface area contributed by atoms with Gasteiger partial charge in [0.25, 0.3) is 0 Å². The summed E-state index contributed by atoms with van der Waals surface area (Å²) < 4.78 is 5.57. The standard InChI is InChI=1S/C13H29N3O/c1-3-15-11-13-5-4-7-16(12-13)8-10-17-9-6-14-2/h13-15H,3-12H2,1-2H3. The van der Waals surface area contributed by atoms with Crippen LogP contribution in [0.25, 0.3) is 0 Å². The lowest BCUT2D eigenvalue weighted by Crippen LogP contribution is -2.41. The van der Waals surface area contributed by atoms with Gasteiger partial charge in [0.1, 0.15) is 0 Å². The molecule has 1 rings (SSSR count). The summed E-state index contributed by atoms with van der Waals surface area (Å²) in [6.45, 7) is 10.7. The minimum absolute atomic E-state index is 0.825. The average Bonchev–Trinajstić information content (AvgIpc) is 2.37. The summed E-state index contributed by atoms with van der Waals surface area (Å²) in [6.07, 6.45) is 2.72. The number of nitrogens with one attached hydrogen (secondary N) is 2. The van der Waals surface area contributed by atoms with Crippen molar-refractivity contribution in [3.63, 3.8) is 0 Å². The Hall–Kier alpha value is -0.160. The highest BCUT2D eigenvalue weighted by Gasteiger charge is 2.18. The first-order valence-corrected chi connectivity index (χ1v) is 7.02. The molecule has 1 fully saturated rings. The summed E-state index contributed by atoms with van der Waals surface area (Å²) in [4.78, 5) is 2.55. The fourth-order valence-corrected chi connectivity index (χ4v) is 2.34. The zero-order valence-corrected chi connectivity index (χ0v) is 11.5. The molecular weight excluding hydrogens is 214 g/mol. The fraction of sp³-hybridized carbons (Fsp3) is 1.00. The number of nitrogens with zero attached hydrogens (tertiary/aromatic N) is 1. The third-order valence-electron chi connectivity index (χ3n) is 3.33. The molecule has 0 radical (unpaired) electrons. The van der Waals surface area contributed by atoms with Crippen LogP contribution in [0, 0.1) is 5.92 Å². The van der Waals surface area contributed by atoms with E-state index in [1.807, 2.05) is 7.05 Å². The third kappa shape index (κ3) is 6.99. The molecule has 0 aromatic rings. The molecule has 17 heavy (non-hydrogen) atoms. The Morgan fingerprint density at radius 3 is 3.00 bits per heavy atom. The van der Waals surface area contributed by atoms with Gasteiger partial charge in [-0.2, -0.15) is 0 Å². The number of hydrogen-bond donors (Lipinski definition) is 2. The van der Waals surface area contributed by atoms with Crippen molar-refractivity contribution >= 4 is 0 Å². The molecule has 4 heteroatoms. The SMILES string of the molecule is CCNCC1CCCN(CCOCCNC)C1. The first-order chi connectivity index (χ1) is 8.36. The average molecular weight is 243 g/mol. The lowest BCUT2D eigenvalue weighted by Gasteiger charge is -2.32. The van der Waals surface area contributed by atoms with Crippen LogP contribution < -0.4 is 10.6 Å². The molecule has 0 spiro atoms. The first kappa shape index (κ1) is 14.9. The maximum absolute atomic E-state index is 5.57. The van der Waals surface area contributed by atoms with E-state index in [-0.39, 0.29) is 0 Å². The van der Waals surface area contributed by atoms with Gasteiger partial charge in [-0.1, -0.05) is 6.92 Å². The Balaban J connectivity index is 2.03. The van der Waals surface area contributed by atoms with E-state index in [0.29, 0.717) is 0 Å². The fourth-order valence-electron chi connectivity index (χ4n) is 2.34. The first-order valence-electron chi connectivity index (χ1n) is 7.02. The zero-order valence-electron chi connectivity index (χ0n) is 11.5. The molecule has 1 heterocycles. The molecule has 2 N–H and O–H groups in total. The Labute approximate surface area is 106 Å². The van der Waals surface area contributed by atoms with Crippen LogP contribution in [-0.2, 0) is 4.74 Å². The molecule has 0 saturated carbocycles. The van der Waals surface area contributed by atoms with E-state index in [4.69, 9.17) is 4.74 Å². The third-order valence-corrected chi connectivity index (χ3v) is 3.33. The molecule has 102 valence electrons. The van der Waals surface area contributed by atoms with Crippen LogP contribution in [0.15, 0.2) is 0 Å². The van der Waals surface area contributed by atoms with Gasteiger partial charge in [-0.25, -0.2) is 0 Å². The summed E-state index contributed by atoms with van der Waals surface area (Å²) >= 11 is 0. The minimum Gasteiger partial charge on any atom is -0.379 e. The van der Waals surface area contributed by atoms with Crippen molar-refractivity contribution in [3.05, 3.63) is 0 Å². The Morgan fingerprint density at radius 2 is 2.24 bits per heavy atom. The molecule has 0 aromatic heterocycles. The van der Waals surface area contributed by atoms with Crippen molar-refractivity contribution < 1.29 is 4.74 Å². The largest absolute Gasteiger partial charge is 0.379 e. The highest BCUT2D eigenvalue weighted by Crippen LogP contribution is 2.15. The van der Waals surface area contributed by atoms with Gasteiger partial charge in [0, 0.05) is 19.6 Å². The van der Waals surface area contributed by atoms with Gasteiger partial charge in [0.15, 0.2) is 0 Å². The smallest absolute Gasteiger partial charge is 0.0594 e. The molecule has 4 nitrogen and oxygen atoms in total. The lowest BCUT2D eigenvalue weighted by molar-refractivity contribution is 0.0866. The van der Waals surface area contributed by atoms with Crippen molar-refractivity contribution in [2.24, 2.45) is 5.92 Å². The van der Waals surface area contributed by atoms with Gasteiger partial charge in [0.2, 0.25) is 0 Å². The van der Waals surface area contributed by atoms with E-state index in [1.54, 1.807) is 0 Å². The van der Waals surface area contributed by atoms with E-state index in [0.717, 1.165) is 38.8 Å². The van der Waals surface area contributed by atoms with Crippen molar-refractivity contribution in [3.8, 4) is 0 Å². The Kier molecular flexibility index (Phi) is 8.61. The molecule has 0 aliphatic carbocycles. The second-order valence-electron chi connectivity index (χ2n) is 4.83. The second-order valence-corrected chi connectivity index (χ2v) is 4.83. The Morgan fingerprint density at radius 1 is 1.35 bits per heavy atom. The predicted molar refractivity (Wildman–Crippen MR) is 72.5 cm³/mol. The quantitative estimate of drug-likeness (QED) is 0.580. The molecule has 1 unspecified atom stereocenters. The normalized spacial score (nSPS) is 21.9. The summed E-state index contributed by atoms with van der Waals surface area (Å²) in [5.74, 6) is 0.834. The van der Waals surface area contributed by atoms with Gasteiger partial charge < -0.3 is 20.3 Å². The van der Waals surface area contributed by atoms with E-state index in [1.165, 1.54) is 32.5 Å². The van der Waals surface area contributed by atoms with Crippen molar-refractivity contribution in [2.45, 2.75) is 19.8 Å². The predicted octanol–water partition coefficient (Wildman–Crippen LogP) is 0.544. The molecule has 0 aromatic carbocycles. The van der Waals surface area contributed by atoms with Crippen molar-refractivity contribution in [2.75, 3.05) is 59.5 Å². The van der Waals surface area contributed by atoms with Gasteiger partial charge in [0.05, 0.1) is 13.2 Å². The molecule has 1 aliphatic heterocycles. The summed E-state index contributed by atoms with van der Waals surface area (Å²) in [5.41, 5.74) is 0. The van der Waals surface area contributed by atoms with Crippen molar-refractivity contribution in [1.82, 2.24) is 15.5 Å². The number of hydrogen-bond acceptors (Lipinski definition) is 4. The van der Waals surface area contributed by atoms with Gasteiger partial charge in [-0.15, -0.1) is 0 Å². The zero-order chi connectivity index (χ0) is 12.3. The highest BCUT2D eigenvalue weighted by atomic mass is 16.5. The van der Waals surface area contributed by atoms with Gasteiger partial charge >= 0.3 is 0 Å². The van der Waals surface area contributed by atoms with Crippen LogP contribution in [0.3, 0.4) is 0 Å². The minimum atomic E-state index is 0.825. The van der Waals surface area contributed by atoms with Crippen LogP contribution in [-0.4, -0.2) is 64.4 Å². The van der Waals surface area contributed by atoms with E-state index in [2.05, 4.69) is 22.5 Å². The van der Waals surface area contributed by atoms with Crippen molar-refractivity contribution in [1.29, 1.82) is 0 Å². The summed E-state index contributed by atoms with van der Waals surface area (Å²) in [7, 11) is 1.96. The number of likely N-dealkylation sites (tertiary alicyclic amines) is 1. The molecule has 0 amide bonds. The summed E-state index contributed by atoms with van der Waals surface area (Å²) in [6, 6.07) is 0. The molecule has 1 aliphatic rings. The van der Waals surface area contributed by atoms with Crippen LogP contribution in [0.1, 0.15) is 19.8 Å². The molecular formula is C13H29N3O. The molecule has 1 atom stereocenters. The summed E-state index contributed by atoms with van der Waals surface area (Å²) in [5, 5.41) is 6.55. The van der Waals surface area contributed by atoms with Gasteiger partial charge in [-0.3, -0.25) is 0 Å². The lowest BCUT2D eigenvalue weighted by atomic mass is 9.98. The van der Waals surface area contributed by atoms with Crippen LogP contribution in [0.5, 0.6) is 0 Å². The monoisotopic (exact) mass is 243 g/mol. The van der Waals surface area contributed by atoms with E-state index >= 15 is 0 Å². The Bertz CT molecular complexity index is 178. The number of rotatable bonds is 9. The maximum Gasteiger partial charge on any atom is 0.0594 e. The number of ether oxygens (including phenoxy) is 1.